The number of nitrogens with zero attached hydrogens (tertiary/aromatic N) is 5. The number of aromatic nitrogens is 3. The molecule has 2 unspecified atom stereocenters. The van der Waals surface area contributed by atoms with Crippen molar-refractivity contribution in [2.45, 2.75) is 37.4 Å². The van der Waals surface area contributed by atoms with Crippen molar-refractivity contribution in [2.75, 3.05) is 49.2 Å². The van der Waals surface area contributed by atoms with Crippen molar-refractivity contribution in [1.82, 2.24) is 19.9 Å². The molecule has 0 bridgehead atoms. The fraction of sp³-hybridized carbons (Fsp3) is 0.406. The summed E-state index contributed by atoms with van der Waals surface area (Å²) in [7, 11) is 0. The maximum Gasteiger partial charge on any atom is 0.319 e. The van der Waals surface area contributed by atoms with Crippen LogP contribution in [-0.4, -0.2) is 81.0 Å². The van der Waals surface area contributed by atoms with E-state index in [0.717, 1.165) is 43.9 Å². The molecule has 2 atom stereocenters. The Kier molecular flexibility index (Phi) is 7.22. The highest BCUT2D eigenvalue weighted by Gasteiger charge is 2.49. The largest absolute Gasteiger partial charge is 0.508 e. The Labute approximate surface area is 251 Å². The van der Waals surface area contributed by atoms with E-state index in [-0.39, 0.29) is 46.1 Å². The van der Waals surface area contributed by atoms with Crippen LogP contribution in [0.4, 0.5) is 19.0 Å². The van der Waals surface area contributed by atoms with Crippen molar-refractivity contribution < 1.29 is 23.0 Å². The van der Waals surface area contributed by atoms with Gasteiger partial charge in [-0.25, -0.2) is 13.2 Å². The van der Waals surface area contributed by atoms with E-state index in [1.165, 1.54) is 30.5 Å². The maximum atomic E-state index is 16.6. The number of anilines is 1. The first-order valence-electron chi connectivity index (χ1n) is 14.5. The van der Waals surface area contributed by atoms with Gasteiger partial charge in [0.25, 0.3) is 0 Å². The van der Waals surface area contributed by atoms with Gasteiger partial charge in [0.1, 0.15) is 41.4 Å². The number of halogens is 3. The molecule has 7 rings (SSSR count). The number of phenols is 1. The highest BCUT2D eigenvalue weighted by atomic mass is 32.2. The van der Waals surface area contributed by atoms with Crippen LogP contribution in [0, 0.1) is 24.0 Å². The van der Waals surface area contributed by atoms with Crippen LogP contribution >= 0.6 is 11.8 Å². The highest BCUT2D eigenvalue weighted by Crippen LogP contribution is 2.41. The molecule has 3 aliphatic heterocycles. The summed E-state index contributed by atoms with van der Waals surface area (Å²) in [5.74, 6) is 3.25. The number of alkyl halides is 1. The lowest BCUT2D eigenvalue weighted by atomic mass is 9.95. The fourth-order valence-corrected chi connectivity index (χ4v) is 7.76. The third kappa shape index (κ3) is 4.90. The first-order chi connectivity index (χ1) is 20.9. The SMILES string of the molecule is C#Cc1c(F)ccc2cc(O)cc(-c3ncc4c(N5CCCSCC5)nc(OCC56CCCN5CC(F)C6)nc4c3F)c12. The third-order valence-electron chi connectivity index (χ3n) is 8.85. The van der Waals surface area contributed by atoms with E-state index in [4.69, 9.17) is 16.1 Å². The summed E-state index contributed by atoms with van der Waals surface area (Å²) in [4.78, 5) is 18.0. The number of benzene rings is 2. The van der Waals surface area contributed by atoms with Crippen molar-refractivity contribution in [3.8, 4) is 35.4 Å². The van der Waals surface area contributed by atoms with E-state index in [0.29, 0.717) is 36.1 Å². The van der Waals surface area contributed by atoms with Gasteiger partial charge in [0.05, 0.1) is 16.5 Å². The van der Waals surface area contributed by atoms with E-state index in [9.17, 15) is 13.9 Å². The van der Waals surface area contributed by atoms with Crippen molar-refractivity contribution in [3.05, 3.63) is 47.7 Å². The molecule has 0 radical (unpaired) electrons. The average molecular weight is 606 g/mol. The molecule has 7 nitrogen and oxygen atoms in total. The highest BCUT2D eigenvalue weighted by molar-refractivity contribution is 7.99. The Hall–Kier alpha value is -3.75. The summed E-state index contributed by atoms with van der Waals surface area (Å²) < 4.78 is 52.0. The van der Waals surface area contributed by atoms with Gasteiger partial charge in [0, 0.05) is 49.0 Å². The fourth-order valence-electron chi connectivity index (χ4n) is 6.87. The molecular weight excluding hydrogens is 575 g/mol. The first-order valence-corrected chi connectivity index (χ1v) is 15.7. The van der Waals surface area contributed by atoms with Crippen molar-refractivity contribution in [1.29, 1.82) is 0 Å². The van der Waals surface area contributed by atoms with Crippen LogP contribution in [0.15, 0.2) is 30.5 Å². The molecule has 3 fully saturated rings. The van der Waals surface area contributed by atoms with Gasteiger partial charge in [-0.3, -0.25) is 9.88 Å². The Morgan fingerprint density at radius 3 is 2.88 bits per heavy atom. The second-order valence-corrected chi connectivity index (χ2v) is 12.7. The lowest BCUT2D eigenvalue weighted by Crippen LogP contribution is -2.43. The van der Waals surface area contributed by atoms with Gasteiger partial charge >= 0.3 is 6.01 Å². The van der Waals surface area contributed by atoms with E-state index >= 15 is 4.39 Å². The minimum absolute atomic E-state index is 0.00683. The minimum Gasteiger partial charge on any atom is -0.508 e. The Morgan fingerprint density at radius 2 is 2.02 bits per heavy atom. The quantitative estimate of drug-likeness (QED) is 0.290. The van der Waals surface area contributed by atoms with Gasteiger partial charge in [-0.15, -0.1) is 6.42 Å². The van der Waals surface area contributed by atoms with Crippen LogP contribution in [0.5, 0.6) is 11.8 Å². The molecule has 5 heterocycles. The predicted octanol–water partition coefficient (Wildman–Crippen LogP) is 5.71. The van der Waals surface area contributed by atoms with E-state index in [2.05, 4.69) is 25.7 Å². The van der Waals surface area contributed by atoms with Crippen molar-refractivity contribution in [3.63, 3.8) is 0 Å². The minimum atomic E-state index is -0.910. The molecule has 3 aliphatic rings. The average Bonchev–Trinajstić information content (AvgIpc) is 3.37. The molecular formula is C32H30F3N5O2S. The lowest BCUT2D eigenvalue weighted by molar-refractivity contribution is 0.107. The van der Waals surface area contributed by atoms with Crippen LogP contribution in [0.3, 0.4) is 0 Å². The van der Waals surface area contributed by atoms with Gasteiger partial charge in [0.15, 0.2) is 5.82 Å². The van der Waals surface area contributed by atoms with E-state index < -0.39 is 23.3 Å². The topological polar surface area (TPSA) is 74.6 Å². The first kappa shape index (κ1) is 28.0. The van der Waals surface area contributed by atoms with Gasteiger partial charge in [-0.2, -0.15) is 21.7 Å². The molecule has 11 heteroatoms. The number of pyridine rings is 1. The van der Waals surface area contributed by atoms with Gasteiger partial charge in [-0.1, -0.05) is 12.0 Å². The van der Waals surface area contributed by atoms with Crippen LogP contribution < -0.4 is 9.64 Å². The third-order valence-corrected chi connectivity index (χ3v) is 9.90. The van der Waals surface area contributed by atoms with Crippen molar-refractivity contribution >= 4 is 39.3 Å². The number of aromatic hydroxyl groups is 1. The summed E-state index contributed by atoms with van der Waals surface area (Å²) in [6.45, 7) is 2.85. The van der Waals surface area contributed by atoms with Gasteiger partial charge < -0.3 is 14.7 Å². The molecule has 0 aliphatic carbocycles. The summed E-state index contributed by atoms with van der Waals surface area (Å²) in [6, 6.07) is 5.47. The molecule has 0 spiro atoms. The van der Waals surface area contributed by atoms with Crippen LogP contribution in [0.1, 0.15) is 31.2 Å². The van der Waals surface area contributed by atoms with Gasteiger partial charge in [0.2, 0.25) is 0 Å². The number of hydrogen-bond acceptors (Lipinski definition) is 8. The molecule has 0 saturated carbocycles. The summed E-state index contributed by atoms with van der Waals surface area (Å²) >= 11 is 1.85. The number of fused-ring (bicyclic) bond motifs is 3. The lowest BCUT2D eigenvalue weighted by Gasteiger charge is -2.31. The zero-order chi connectivity index (χ0) is 29.7. The van der Waals surface area contributed by atoms with E-state index in [1.807, 2.05) is 11.8 Å². The number of terminal acetylenes is 1. The zero-order valence-electron chi connectivity index (χ0n) is 23.5. The summed E-state index contributed by atoms with van der Waals surface area (Å²) in [5, 5.41) is 11.6. The van der Waals surface area contributed by atoms with Gasteiger partial charge in [-0.05, 0) is 55.1 Å². The predicted molar refractivity (Wildman–Crippen MR) is 162 cm³/mol. The monoisotopic (exact) mass is 605 g/mol. The number of rotatable bonds is 5. The standard InChI is InChI=1S/C32H30F3N5O2S/c1-2-22-25(34)6-5-19-13-21(41)14-23(26(19)22)28-27(35)29-24(16-36-28)30(39-8-4-11-43-12-10-39)38-31(37-29)42-18-32-7-3-9-40(32)17-20(33)15-32/h1,5-6,13-14,16,20,41H,3-4,7-12,15,17-18H2. The normalized spacial score (nSPS) is 22.6. The van der Waals surface area contributed by atoms with Crippen LogP contribution in [0.25, 0.3) is 32.9 Å². The molecule has 222 valence electrons. The zero-order valence-corrected chi connectivity index (χ0v) is 24.3. The van der Waals surface area contributed by atoms with Crippen LogP contribution in [-0.2, 0) is 0 Å². The number of phenolic OH excluding ortho intramolecular Hbond substituents is 1. The second kappa shape index (κ2) is 11.1. The molecule has 0 amide bonds. The summed E-state index contributed by atoms with van der Waals surface area (Å²) in [6.07, 6.45) is 9.37. The number of ether oxygens (including phenoxy) is 1. The molecule has 43 heavy (non-hydrogen) atoms. The smallest absolute Gasteiger partial charge is 0.319 e. The maximum absolute atomic E-state index is 16.6. The Bertz CT molecular complexity index is 1770. The second-order valence-electron chi connectivity index (χ2n) is 11.5. The van der Waals surface area contributed by atoms with Crippen molar-refractivity contribution in [2.24, 2.45) is 0 Å². The Balaban J connectivity index is 1.38. The number of thioether (sulfide) groups is 1. The number of hydrogen-bond donors (Lipinski definition) is 1. The molecule has 4 aromatic rings. The summed E-state index contributed by atoms with van der Waals surface area (Å²) in [5.41, 5.74) is -0.459. The molecule has 3 saturated heterocycles. The van der Waals surface area contributed by atoms with Crippen LogP contribution in [0.2, 0.25) is 0 Å². The molecule has 2 aromatic carbocycles. The molecule has 1 N–H and O–H groups in total. The Morgan fingerprint density at radius 1 is 1.14 bits per heavy atom. The molecule has 2 aromatic heterocycles. The van der Waals surface area contributed by atoms with E-state index in [1.54, 1.807) is 0 Å².